The van der Waals surface area contributed by atoms with Crippen LogP contribution in [0.4, 0.5) is 5.69 Å². The second-order valence-electron chi connectivity index (χ2n) is 11.5. The van der Waals surface area contributed by atoms with E-state index in [0.717, 1.165) is 24.7 Å². The first-order valence-electron chi connectivity index (χ1n) is 14.5. The Kier molecular flexibility index (Phi) is 12.0. The Morgan fingerprint density at radius 2 is 1.77 bits per heavy atom. The van der Waals surface area contributed by atoms with Gasteiger partial charge < -0.3 is 19.5 Å². The highest BCUT2D eigenvalue weighted by Crippen LogP contribution is 2.29. The van der Waals surface area contributed by atoms with Crippen LogP contribution in [0.5, 0.6) is 5.75 Å². The number of ether oxygens (including phenoxy) is 2. The predicted molar refractivity (Wildman–Crippen MR) is 166 cm³/mol. The van der Waals surface area contributed by atoms with Gasteiger partial charge in [0, 0.05) is 38.3 Å². The van der Waals surface area contributed by atoms with Gasteiger partial charge in [-0.2, -0.15) is 0 Å². The van der Waals surface area contributed by atoms with Crippen molar-refractivity contribution in [3.05, 3.63) is 53.6 Å². The predicted octanol–water partition coefficient (Wildman–Crippen LogP) is 3.48. The Labute approximate surface area is 256 Å². The summed E-state index contributed by atoms with van der Waals surface area (Å²) in [6, 6.07) is 10.4. The van der Waals surface area contributed by atoms with Crippen molar-refractivity contribution in [2.45, 2.75) is 70.1 Å². The molecule has 0 fully saturated rings. The number of benzene rings is 2. The number of fused-ring (bicyclic) bond motifs is 1. The maximum absolute atomic E-state index is 14.2. The number of carbonyl (C=O) groups excluding carboxylic acids is 1. The molecule has 0 spiro atoms. The summed E-state index contributed by atoms with van der Waals surface area (Å²) in [4.78, 5) is 15.8. The lowest BCUT2D eigenvalue weighted by atomic mass is 10.0. The van der Waals surface area contributed by atoms with Gasteiger partial charge in [-0.1, -0.05) is 24.6 Å². The van der Waals surface area contributed by atoms with Crippen LogP contribution < -0.4 is 9.46 Å². The maximum atomic E-state index is 14.2. The Balaban J connectivity index is 2.02. The van der Waals surface area contributed by atoms with Crippen LogP contribution in [0.15, 0.2) is 47.4 Å². The van der Waals surface area contributed by atoms with Crippen molar-refractivity contribution in [1.82, 2.24) is 9.21 Å². The van der Waals surface area contributed by atoms with E-state index in [0.29, 0.717) is 18.8 Å². The van der Waals surface area contributed by atoms with E-state index in [4.69, 9.17) is 9.47 Å². The molecule has 2 aromatic rings. The second-order valence-corrected chi connectivity index (χ2v) is 15.2. The highest BCUT2D eigenvalue weighted by molar-refractivity contribution is 7.92. The van der Waals surface area contributed by atoms with Gasteiger partial charge in [0.1, 0.15) is 5.75 Å². The van der Waals surface area contributed by atoms with Crippen LogP contribution in [-0.2, 0) is 24.8 Å². The number of hydrogen-bond acceptors (Lipinski definition) is 8. The third-order valence-corrected chi connectivity index (χ3v) is 10.3. The van der Waals surface area contributed by atoms with E-state index in [1.165, 1.54) is 34.5 Å². The molecule has 1 aliphatic rings. The first-order chi connectivity index (χ1) is 20.1. The number of rotatable bonds is 8. The number of aliphatic hydroxyl groups excluding tert-OH is 1. The molecule has 2 aromatic carbocycles. The number of carbonyl (C=O) groups is 1. The molecule has 1 aliphatic heterocycles. The molecule has 4 atom stereocenters. The van der Waals surface area contributed by atoms with Crippen molar-refractivity contribution in [2.24, 2.45) is 5.92 Å². The largest absolute Gasteiger partial charge is 0.490 e. The van der Waals surface area contributed by atoms with Crippen molar-refractivity contribution < 1.29 is 36.2 Å². The second kappa shape index (κ2) is 14.8. The van der Waals surface area contributed by atoms with E-state index in [2.05, 4.69) is 4.72 Å². The summed E-state index contributed by atoms with van der Waals surface area (Å²) in [6.07, 6.45) is 2.58. The zero-order valence-corrected chi connectivity index (χ0v) is 27.4. The molecular weight excluding hydrogens is 594 g/mol. The van der Waals surface area contributed by atoms with Gasteiger partial charge in [-0.25, -0.2) is 21.1 Å². The van der Waals surface area contributed by atoms with Crippen molar-refractivity contribution >= 4 is 31.6 Å². The van der Waals surface area contributed by atoms with E-state index in [1.54, 1.807) is 31.2 Å². The zero-order valence-electron chi connectivity index (χ0n) is 25.8. The van der Waals surface area contributed by atoms with Gasteiger partial charge in [0.15, 0.2) is 0 Å². The number of sulfonamides is 2. The van der Waals surface area contributed by atoms with Gasteiger partial charge in [-0.05, 0) is 70.4 Å². The van der Waals surface area contributed by atoms with E-state index in [9.17, 15) is 26.7 Å². The number of aliphatic hydroxyl groups is 1. The molecule has 2 N–H and O–H groups in total. The molecule has 0 bridgehead atoms. The van der Waals surface area contributed by atoms with E-state index < -0.39 is 38.1 Å². The summed E-state index contributed by atoms with van der Waals surface area (Å²) >= 11 is 0. The molecular formula is C30H45N3O8S2. The fourth-order valence-corrected chi connectivity index (χ4v) is 6.24. The summed E-state index contributed by atoms with van der Waals surface area (Å²) in [5.41, 5.74) is 1.25. The van der Waals surface area contributed by atoms with Gasteiger partial charge in [-0.15, -0.1) is 0 Å². The Morgan fingerprint density at radius 3 is 2.40 bits per heavy atom. The molecule has 13 heteroatoms. The zero-order chi connectivity index (χ0) is 31.9. The number of amides is 1. The summed E-state index contributed by atoms with van der Waals surface area (Å²) < 4.78 is 66.7. The molecule has 0 unspecified atom stereocenters. The van der Waals surface area contributed by atoms with Crippen molar-refractivity contribution in [3.8, 4) is 5.75 Å². The van der Waals surface area contributed by atoms with Crippen molar-refractivity contribution in [1.29, 1.82) is 0 Å². The molecule has 0 saturated carbocycles. The molecule has 0 radical (unpaired) electrons. The monoisotopic (exact) mass is 639 g/mol. The quantitative estimate of drug-likeness (QED) is 0.447. The average molecular weight is 640 g/mol. The fourth-order valence-electron chi connectivity index (χ4n) is 4.77. The maximum Gasteiger partial charge on any atom is 0.261 e. The van der Waals surface area contributed by atoms with E-state index >= 15 is 0 Å². The number of nitrogens with zero attached hydrogens (tertiary/aromatic N) is 2. The first-order valence-corrected chi connectivity index (χ1v) is 17.8. The number of hydrogen-bond donors (Lipinski definition) is 2. The van der Waals surface area contributed by atoms with Crippen LogP contribution in [0.25, 0.3) is 0 Å². The number of likely N-dealkylation sites (N-methyl/N-ethyl adjacent to an activating group) is 1. The summed E-state index contributed by atoms with van der Waals surface area (Å²) in [6.45, 7) is 7.71. The molecule has 11 nitrogen and oxygen atoms in total. The Morgan fingerprint density at radius 1 is 1.09 bits per heavy atom. The molecule has 0 aromatic heterocycles. The lowest BCUT2D eigenvalue weighted by molar-refractivity contribution is -0.00828. The molecule has 3 rings (SSSR count). The van der Waals surface area contributed by atoms with Gasteiger partial charge in [-0.3, -0.25) is 9.52 Å². The van der Waals surface area contributed by atoms with Crippen LogP contribution in [0.1, 0.15) is 56.0 Å². The summed E-state index contributed by atoms with van der Waals surface area (Å²) in [5.74, 6) is -0.462. The number of aryl methyl sites for hydroxylation is 1. The lowest BCUT2D eigenvalue weighted by Crippen LogP contribution is -2.47. The molecule has 0 saturated heterocycles. The third kappa shape index (κ3) is 9.64. The molecule has 240 valence electrons. The molecule has 1 amide bonds. The van der Waals surface area contributed by atoms with Crippen LogP contribution in [0, 0.1) is 12.8 Å². The van der Waals surface area contributed by atoms with E-state index in [-0.39, 0.29) is 47.9 Å². The normalized spacial score (nSPS) is 21.9. The van der Waals surface area contributed by atoms with Gasteiger partial charge in [0.05, 0.1) is 41.6 Å². The third-order valence-electron chi connectivity index (χ3n) is 7.64. The van der Waals surface area contributed by atoms with Crippen LogP contribution in [-0.4, -0.2) is 94.9 Å². The SMILES string of the molecule is Cc1ccc(S(=O)(=O)Nc2ccc3c(c2)C(=O)N([C@H](C)CO)C[C@H](C)[C@@H](CN(C)S(C)(=O)=O)OCCCC[C@H](C)O3)cc1. The van der Waals surface area contributed by atoms with Crippen LogP contribution in [0.3, 0.4) is 0 Å². The summed E-state index contributed by atoms with van der Waals surface area (Å²) in [5, 5.41) is 10.1. The lowest BCUT2D eigenvalue weighted by Gasteiger charge is -2.35. The summed E-state index contributed by atoms with van der Waals surface area (Å²) in [7, 11) is -5.90. The van der Waals surface area contributed by atoms with Crippen molar-refractivity contribution in [3.63, 3.8) is 0 Å². The minimum Gasteiger partial charge on any atom is -0.490 e. The van der Waals surface area contributed by atoms with Crippen LogP contribution in [0.2, 0.25) is 0 Å². The molecule has 0 aliphatic carbocycles. The van der Waals surface area contributed by atoms with Gasteiger partial charge in [0.25, 0.3) is 15.9 Å². The molecule has 1 heterocycles. The standard InChI is InChI=1S/C30H45N3O8S2/c1-21-10-13-26(14-11-21)43(38,39)31-25-12-15-28-27(17-25)30(35)33(23(3)20-34)18-22(2)29(19-32(5)42(6,36)37)40-16-8-7-9-24(4)41-28/h10-15,17,22-24,29,31,34H,7-9,16,18-20H2,1-6H3/t22-,23+,24-,29+/m0/s1. The van der Waals surface area contributed by atoms with Crippen molar-refractivity contribution in [2.75, 3.05) is 44.3 Å². The number of anilines is 1. The van der Waals surface area contributed by atoms with Gasteiger partial charge >= 0.3 is 0 Å². The molecule has 43 heavy (non-hydrogen) atoms. The topological polar surface area (TPSA) is 143 Å². The fraction of sp³-hybridized carbons (Fsp3) is 0.567. The number of nitrogens with one attached hydrogen (secondary N) is 1. The van der Waals surface area contributed by atoms with Crippen LogP contribution >= 0.6 is 0 Å². The average Bonchev–Trinajstić information content (AvgIpc) is 2.94. The minimum absolute atomic E-state index is 0.0869. The minimum atomic E-state index is -3.93. The first kappa shape index (κ1) is 34.8. The highest BCUT2D eigenvalue weighted by atomic mass is 32.2. The Bertz CT molecular complexity index is 1450. The highest BCUT2D eigenvalue weighted by Gasteiger charge is 2.31. The Hall–Kier alpha value is -2.71. The smallest absolute Gasteiger partial charge is 0.261 e. The van der Waals surface area contributed by atoms with Gasteiger partial charge in [0.2, 0.25) is 10.0 Å². The van der Waals surface area contributed by atoms with E-state index in [1.807, 2.05) is 20.8 Å².